The number of rotatable bonds is 7. The highest BCUT2D eigenvalue weighted by Gasteiger charge is 2.13. The standard InChI is InChI=1S/C24H17Cl2N3O4/c1-15-2-6-19(7-3-15)28-23(30)14-33-24-21(25)11-16(12-22(24)26)10-18(13-27)17-4-8-20(9-5-17)29(31)32/h2-12H,14H2,1H3,(H,28,30)/b18-10+. The van der Waals surface area contributed by atoms with Gasteiger partial charge in [0, 0.05) is 17.8 Å². The maximum Gasteiger partial charge on any atom is 0.269 e. The van der Waals surface area contributed by atoms with Gasteiger partial charge < -0.3 is 10.1 Å². The van der Waals surface area contributed by atoms with E-state index in [1.54, 1.807) is 30.3 Å². The molecular formula is C24H17Cl2N3O4. The Hall–Kier alpha value is -3.86. The van der Waals surface area contributed by atoms with Crippen molar-refractivity contribution < 1.29 is 14.5 Å². The van der Waals surface area contributed by atoms with Crippen molar-refractivity contribution in [1.29, 1.82) is 5.26 Å². The Morgan fingerprint density at radius 1 is 1.12 bits per heavy atom. The first kappa shape index (κ1) is 23.8. The Morgan fingerprint density at radius 3 is 2.27 bits per heavy atom. The number of allylic oxidation sites excluding steroid dienone is 1. The van der Waals surface area contributed by atoms with Crippen LogP contribution in [0.5, 0.6) is 5.75 Å². The van der Waals surface area contributed by atoms with Crippen molar-refractivity contribution >= 4 is 52.1 Å². The van der Waals surface area contributed by atoms with E-state index in [1.165, 1.54) is 24.3 Å². The van der Waals surface area contributed by atoms with Crippen molar-refractivity contribution in [2.45, 2.75) is 6.92 Å². The number of benzene rings is 3. The molecule has 0 aliphatic rings. The highest BCUT2D eigenvalue weighted by Crippen LogP contribution is 2.35. The quantitative estimate of drug-likeness (QED) is 0.184. The fraction of sp³-hybridized carbons (Fsp3) is 0.0833. The smallest absolute Gasteiger partial charge is 0.269 e. The van der Waals surface area contributed by atoms with Gasteiger partial charge in [0.1, 0.15) is 0 Å². The maximum absolute atomic E-state index is 12.2. The van der Waals surface area contributed by atoms with Crippen LogP contribution in [0, 0.1) is 28.4 Å². The highest BCUT2D eigenvalue weighted by atomic mass is 35.5. The molecule has 0 heterocycles. The number of hydrogen-bond donors (Lipinski definition) is 1. The number of carbonyl (C=O) groups is 1. The van der Waals surface area contributed by atoms with E-state index in [9.17, 15) is 20.2 Å². The number of aryl methyl sites for hydroxylation is 1. The molecule has 0 saturated carbocycles. The molecule has 0 radical (unpaired) electrons. The summed E-state index contributed by atoms with van der Waals surface area (Å²) in [5.74, 6) is -0.233. The predicted molar refractivity (Wildman–Crippen MR) is 128 cm³/mol. The molecule has 3 aromatic rings. The molecule has 0 atom stereocenters. The van der Waals surface area contributed by atoms with Crippen LogP contribution in [-0.2, 0) is 4.79 Å². The molecule has 0 saturated heterocycles. The second-order valence-electron chi connectivity index (χ2n) is 6.99. The minimum absolute atomic E-state index is 0.0740. The van der Waals surface area contributed by atoms with E-state index in [0.717, 1.165) is 5.56 Å². The monoisotopic (exact) mass is 481 g/mol. The predicted octanol–water partition coefficient (Wildman–Crippen LogP) is 6.29. The number of nitro groups is 1. The van der Waals surface area contributed by atoms with Crippen LogP contribution in [0.15, 0.2) is 60.7 Å². The van der Waals surface area contributed by atoms with E-state index in [1.807, 2.05) is 19.1 Å². The van der Waals surface area contributed by atoms with Crippen LogP contribution in [0.4, 0.5) is 11.4 Å². The first-order chi connectivity index (χ1) is 15.8. The van der Waals surface area contributed by atoms with E-state index in [2.05, 4.69) is 11.4 Å². The second-order valence-corrected chi connectivity index (χ2v) is 7.80. The van der Waals surface area contributed by atoms with Crippen molar-refractivity contribution in [3.8, 4) is 11.8 Å². The first-order valence-electron chi connectivity index (χ1n) is 9.62. The minimum atomic E-state index is -0.515. The van der Waals surface area contributed by atoms with Crippen LogP contribution in [0.3, 0.4) is 0 Å². The van der Waals surface area contributed by atoms with E-state index in [0.29, 0.717) is 16.8 Å². The van der Waals surface area contributed by atoms with Crippen molar-refractivity contribution in [2.24, 2.45) is 0 Å². The number of anilines is 1. The van der Waals surface area contributed by atoms with Gasteiger partial charge in [-0.2, -0.15) is 5.26 Å². The van der Waals surface area contributed by atoms with Crippen LogP contribution >= 0.6 is 23.2 Å². The van der Waals surface area contributed by atoms with E-state index in [-0.39, 0.29) is 39.6 Å². The summed E-state index contributed by atoms with van der Waals surface area (Å²) >= 11 is 12.6. The molecule has 0 aromatic heterocycles. The Morgan fingerprint density at radius 2 is 1.73 bits per heavy atom. The van der Waals surface area contributed by atoms with Crippen molar-refractivity contribution in [1.82, 2.24) is 0 Å². The lowest BCUT2D eigenvalue weighted by molar-refractivity contribution is -0.384. The number of amides is 1. The maximum atomic E-state index is 12.2. The Balaban J connectivity index is 1.73. The lowest BCUT2D eigenvalue weighted by Gasteiger charge is -2.11. The number of nitro benzene ring substituents is 1. The molecule has 1 N–H and O–H groups in total. The van der Waals surface area contributed by atoms with E-state index < -0.39 is 4.92 Å². The number of carbonyl (C=O) groups excluding carboxylic acids is 1. The summed E-state index contributed by atoms with van der Waals surface area (Å²) < 4.78 is 5.51. The lowest BCUT2D eigenvalue weighted by atomic mass is 10.0. The summed E-state index contributed by atoms with van der Waals surface area (Å²) in [6.45, 7) is 1.65. The van der Waals surface area contributed by atoms with Crippen molar-refractivity contribution in [2.75, 3.05) is 11.9 Å². The SMILES string of the molecule is Cc1ccc(NC(=O)COc2c(Cl)cc(/C=C(\C#N)c3ccc([N+](=O)[O-])cc3)cc2Cl)cc1. The third-order valence-corrected chi connectivity index (χ3v) is 5.09. The summed E-state index contributed by atoms with van der Waals surface area (Å²) in [7, 11) is 0. The van der Waals surface area contributed by atoms with Gasteiger partial charge in [-0.1, -0.05) is 40.9 Å². The van der Waals surface area contributed by atoms with Gasteiger partial charge in [0.2, 0.25) is 0 Å². The average molecular weight is 482 g/mol. The molecule has 166 valence electrons. The second kappa shape index (κ2) is 10.6. The largest absolute Gasteiger partial charge is 0.481 e. The van der Waals surface area contributed by atoms with E-state index in [4.69, 9.17) is 27.9 Å². The highest BCUT2D eigenvalue weighted by molar-refractivity contribution is 6.37. The summed E-state index contributed by atoms with van der Waals surface area (Å²) in [5, 5.41) is 23.4. The third kappa shape index (κ3) is 6.32. The van der Waals surface area contributed by atoms with Crippen LogP contribution in [0.1, 0.15) is 16.7 Å². The summed E-state index contributed by atoms with van der Waals surface area (Å²) in [6.07, 6.45) is 1.55. The number of nitrogens with zero attached hydrogens (tertiary/aromatic N) is 2. The first-order valence-corrected chi connectivity index (χ1v) is 10.4. The van der Waals surface area contributed by atoms with Crippen molar-refractivity contribution in [3.63, 3.8) is 0 Å². The zero-order valence-corrected chi connectivity index (χ0v) is 18.9. The molecule has 3 rings (SSSR count). The Kier molecular flexibility index (Phi) is 7.67. The molecule has 33 heavy (non-hydrogen) atoms. The normalized spacial score (nSPS) is 10.9. The fourth-order valence-electron chi connectivity index (χ4n) is 2.88. The van der Waals surface area contributed by atoms with Crippen LogP contribution < -0.4 is 10.1 Å². The van der Waals surface area contributed by atoms with E-state index >= 15 is 0 Å². The molecule has 0 fully saturated rings. The Bertz CT molecular complexity index is 1240. The summed E-state index contributed by atoms with van der Waals surface area (Å²) in [6, 6.07) is 18.1. The molecule has 0 unspecified atom stereocenters. The number of hydrogen-bond acceptors (Lipinski definition) is 5. The third-order valence-electron chi connectivity index (χ3n) is 4.52. The summed E-state index contributed by atoms with van der Waals surface area (Å²) in [4.78, 5) is 22.5. The number of ether oxygens (including phenoxy) is 1. The zero-order chi connectivity index (χ0) is 24.0. The molecular weight excluding hydrogens is 465 g/mol. The van der Waals surface area contributed by atoms with Gasteiger partial charge in [0.15, 0.2) is 12.4 Å². The van der Waals surface area contributed by atoms with Crippen LogP contribution in [0.2, 0.25) is 10.0 Å². The number of nitriles is 1. The minimum Gasteiger partial charge on any atom is -0.481 e. The Labute approximate surface area is 200 Å². The van der Waals surface area contributed by atoms with Gasteiger partial charge in [0.25, 0.3) is 11.6 Å². The molecule has 1 amide bonds. The average Bonchev–Trinajstić information content (AvgIpc) is 2.78. The number of non-ortho nitro benzene ring substituents is 1. The topological polar surface area (TPSA) is 105 Å². The zero-order valence-electron chi connectivity index (χ0n) is 17.3. The molecule has 0 aliphatic carbocycles. The van der Waals surface area contributed by atoms with Crippen molar-refractivity contribution in [3.05, 3.63) is 97.5 Å². The van der Waals surface area contributed by atoms with Gasteiger partial charge >= 0.3 is 0 Å². The van der Waals surface area contributed by atoms with Crippen LogP contribution in [-0.4, -0.2) is 17.4 Å². The van der Waals surface area contributed by atoms with Gasteiger partial charge in [-0.3, -0.25) is 14.9 Å². The number of halogens is 2. The van der Waals surface area contributed by atoms with Gasteiger partial charge in [-0.15, -0.1) is 0 Å². The summed E-state index contributed by atoms with van der Waals surface area (Å²) in [5.41, 5.74) is 2.94. The van der Waals surface area contributed by atoms with Gasteiger partial charge in [-0.25, -0.2) is 0 Å². The fourth-order valence-corrected chi connectivity index (χ4v) is 3.49. The molecule has 0 spiro atoms. The van der Waals surface area contributed by atoms with Gasteiger partial charge in [0.05, 0.1) is 26.6 Å². The molecule has 3 aromatic carbocycles. The molecule has 0 aliphatic heterocycles. The molecule has 0 bridgehead atoms. The molecule has 7 nitrogen and oxygen atoms in total. The molecule has 9 heteroatoms. The van der Waals surface area contributed by atoms with Crippen LogP contribution in [0.25, 0.3) is 11.6 Å². The van der Waals surface area contributed by atoms with Gasteiger partial charge in [-0.05, 0) is 60.5 Å². The lowest BCUT2D eigenvalue weighted by Crippen LogP contribution is -2.20. The number of nitrogens with one attached hydrogen (secondary N) is 1.